The number of aromatic nitrogens is 4. The van der Waals surface area contributed by atoms with Gasteiger partial charge in [-0.05, 0) is 48.0 Å². The highest BCUT2D eigenvalue weighted by molar-refractivity contribution is 7.90. The Balaban J connectivity index is 1.78. The van der Waals surface area contributed by atoms with E-state index in [1.54, 1.807) is 42.7 Å². The summed E-state index contributed by atoms with van der Waals surface area (Å²) in [5.74, 6) is 0. The predicted octanol–water partition coefficient (Wildman–Crippen LogP) is 4.01. The molecule has 33 heavy (non-hydrogen) atoms. The third-order valence-corrected chi connectivity index (χ3v) is 6.74. The molecule has 11 heteroatoms. The SMILES string of the molecule is CN(Cc1cc(-c2ccc(-c3ccc(Cl)nc3)nc2)n(S(=O)(=O)c2cccnc2)c1)C(=O)O. The van der Waals surface area contributed by atoms with E-state index in [-0.39, 0.29) is 11.4 Å². The molecule has 1 N–H and O–H groups in total. The monoisotopic (exact) mass is 483 g/mol. The molecule has 4 rings (SSSR count). The maximum atomic E-state index is 13.3. The smallest absolute Gasteiger partial charge is 0.407 e. The number of rotatable bonds is 6. The summed E-state index contributed by atoms with van der Waals surface area (Å²) in [5, 5.41) is 9.57. The van der Waals surface area contributed by atoms with E-state index >= 15 is 0 Å². The summed E-state index contributed by atoms with van der Waals surface area (Å²) in [6, 6.07) is 11.5. The Kier molecular flexibility index (Phi) is 6.12. The molecule has 168 valence electrons. The van der Waals surface area contributed by atoms with E-state index in [0.29, 0.717) is 27.7 Å². The zero-order valence-corrected chi connectivity index (χ0v) is 18.9. The van der Waals surface area contributed by atoms with Crippen molar-refractivity contribution >= 4 is 27.7 Å². The van der Waals surface area contributed by atoms with Gasteiger partial charge in [0.15, 0.2) is 0 Å². The first-order chi connectivity index (χ1) is 15.8. The second-order valence-electron chi connectivity index (χ2n) is 7.16. The Hall–Kier alpha value is -3.76. The lowest BCUT2D eigenvalue weighted by Gasteiger charge is -2.11. The van der Waals surface area contributed by atoms with Crippen molar-refractivity contribution in [1.29, 1.82) is 0 Å². The Morgan fingerprint density at radius 3 is 2.45 bits per heavy atom. The molecule has 0 aromatic carbocycles. The lowest BCUT2D eigenvalue weighted by molar-refractivity contribution is 0.154. The number of pyridine rings is 3. The van der Waals surface area contributed by atoms with Gasteiger partial charge in [0.1, 0.15) is 10.0 Å². The van der Waals surface area contributed by atoms with Crippen LogP contribution in [0, 0.1) is 0 Å². The molecule has 0 saturated heterocycles. The van der Waals surface area contributed by atoms with Crippen LogP contribution >= 0.6 is 11.6 Å². The molecule has 0 aliphatic heterocycles. The molecular formula is C22H18ClN5O4S. The summed E-state index contributed by atoms with van der Waals surface area (Å²) in [4.78, 5) is 24.7. The van der Waals surface area contributed by atoms with Crippen LogP contribution in [0.4, 0.5) is 4.79 Å². The van der Waals surface area contributed by atoms with Gasteiger partial charge in [-0.3, -0.25) is 9.97 Å². The van der Waals surface area contributed by atoms with E-state index in [0.717, 1.165) is 14.4 Å². The molecule has 9 nitrogen and oxygen atoms in total. The van der Waals surface area contributed by atoms with Crippen LogP contribution in [-0.4, -0.2) is 50.5 Å². The minimum atomic E-state index is -3.98. The summed E-state index contributed by atoms with van der Waals surface area (Å²) >= 11 is 5.84. The molecule has 0 spiro atoms. The maximum absolute atomic E-state index is 13.3. The second kappa shape index (κ2) is 9.00. The molecule has 4 heterocycles. The van der Waals surface area contributed by atoms with Crippen LogP contribution in [0.15, 0.2) is 78.3 Å². The van der Waals surface area contributed by atoms with Gasteiger partial charge in [0.25, 0.3) is 10.0 Å². The van der Waals surface area contributed by atoms with Gasteiger partial charge < -0.3 is 10.0 Å². The van der Waals surface area contributed by atoms with E-state index in [2.05, 4.69) is 15.0 Å². The normalized spacial score (nSPS) is 11.3. The van der Waals surface area contributed by atoms with Crippen LogP contribution in [0.1, 0.15) is 5.56 Å². The zero-order chi connectivity index (χ0) is 23.6. The highest BCUT2D eigenvalue weighted by atomic mass is 35.5. The van der Waals surface area contributed by atoms with Crippen LogP contribution < -0.4 is 0 Å². The summed E-state index contributed by atoms with van der Waals surface area (Å²) in [7, 11) is -2.58. The molecule has 0 atom stereocenters. The fourth-order valence-electron chi connectivity index (χ4n) is 3.19. The number of nitrogens with zero attached hydrogens (tertiary/aromatic N) is 5. The maximum Gasteiger partial charge on any atom is 0.407 e. The number of amides is 1. The second-order valence-corrected chi connectivity index (χ2v) is 9.37. The van der Waals surface area contributed by atoms with Gasteiger partial charge in [-0.1, -0.05) is 11.6 Å². The molecule has 4 aromatic rings. The molecule has 4 aromatic heterocycles. The van der Waals surface area contributed by atoms with E-state index < -0.39 is 16.1 Å². The molecule has 0 aliphatic carbocycles. The molecule has 0 saturated carbocycles. The molecule has 1 amide bonds. The first-order valence-corrected chi connectivity index (χ1v) is 11.5. The topological polar surface area (TPSA) is 118 Å². The first-order valence-electron chi connectivity index (χ1n) is 9.65. The molecule has 0 bridgehead atoms. The molecule has 0 fully saturated rings. The van der Waals surface area contributed by atoms with E-state index in [4.69, 9.17) is 11.6 Å². The minimum Gasteiger partial charge on any atom is -0.465 e. The van der Waals surface area contributed by atoms with Gasteiger partial charge in [-0.15, -0.1) is 0 Å². The number of carboxylic acid groups (broad SMARTS) is 1. The largest absolute Gasteiger partial charge is 0.465 e. The van der Waals surface area contributed by atoms with Gasteiger partial charge >= 0.3 is 6.09 Å². The highest BCUT2D eigenvalue weighted by Gasteiger charge is 2.23. The van der Waals surface area contributed by atoms with E-state index in [1.165, 1.54) is 37.8 Å². The zero-order valence-electron chi connectivity index (χ0n) is 17.3. The van der Waals surface area contributed by atoms with Gasteiger partial charge in [0.2, 0.25) is 0 Å². The molecule has 0 aliphatic rings. The Morgan fingerprint density at radius 1 is 1.09 bits per heavy atom. The van der Waals surface area contributed by atoms with Crippen molar-refractivity contribution in [3.63, 3.8) is 0 Å². The third-order valence-electron chi connectivity index (χ3n) is 4.86. The van der Waals surface area contributed by atoms with Crippen LogP contribution in [-0.2, 0) is 16.6 Å². The van der Waals surface area contributed by atoms with E-state index in [9.17, 15) is 18.3 Å². The lowest BCUT2D eigenvalue weighted by Crippen LogP contribution is -2.23. The summed E-state index contributed by atoms with van der Waals surface area (Å²) in [6.07, 6.45) is 6.18. The Morgan fingerprint density at radius 2 is 1.85 bits per heavy atom. The van der Waals surface area contributed by atoms with Gasteiger partial charge in [-0.25, -0.2) is 22.2 Å². The molecule has 0 radical (unpaired) electrons. The van der Waals surface area contributed by atoms with Crippen molar-refractivity contribution in [3.05, 3.63) is 84.2 Å². The average Bonchev–Trinajstić information content (AvgIpc) is 3.25. The van der Waals surface area contributed by atoms with Crippen molar-refractivity contribution in [2.45, 2.75) is 11.4 Å². The van der Waals surface area contributed by atoms with Crippen LogP contribution in [0.3, 0.4) is 0 Å². The molecule has 0 unspecified atom stereocenters. The molecular weight excluding hydrogens is 466 g/mol. The third kappa shape index (κ3) is 4.71. The van der Waals surface area contributed by atoms with Crippen molar-refractivity contribution in [3.8, 4) is 22.5 Å². The van der Waals surface area contributed by atoms with Crippen LogP contribution in [0.25, 0.3) is 22.5 Å². The fraction of sp³-hybridized carbons (Fsp3) is 0.0909. The Labute approximate surface area is 195 Å². The lowest BCUT2D eigenvalue weighted by atomic mass is 10.1. The first kappa shape index (κ1) is 22.4. The Bertz CT molecular complexity index is 1390. The fourth-order valence-corrected chi connectivity index (χ4v) is 4.67. The van der Waals surface area contributed by atoms with E-state index in [1.807, 2.05) is 0 Å². The van der Waals surface area contributed by atoms with Gasteiger partial charge in [0, 0.05) is 49.2 Å². The summed E-state index contributed by atoms with van der Waals surface area (Å²) < 4.78 is 27.8. The standard InChI is InChI=1S/C22H18ClN5O4S/c1-27(22(29)30)13-15-9-20(28(14-15)33(31,32)18-3-2-8-24-12-18)17-4-6-19(25-11-17)16-5-7-21(23)26-10-16/h2-12,14H,13H2,1H3,(H,29,30). The average molecular weight is 484 g/mol. The number of hydrogen-bond donors (Lipinski definition) is 1. The van der Waals surface area contributed by atoms with Crippen molar-refractivity contribution < 1.29 is 18.3 Å². The summed E-state index contributed by atoms with van der Waals surface area (Å²) in [5.41, 5.74) is 2.79. The van der Waals surface area contributed by atoms with Gasteiger partial charge in [0.05, 0.1) is 17.9 Å². The van der Waals surface area contributed by atoms with Crippen molar-refractivity contribution in [2.24, 2.45) is 0 Å². The number of halogens is 1. The van der Waals surface area contributed by atoms with Crippen LogP contribution in [0.5, 0.6) is 0 Å². The minimum absolute atomic E-state index is 0.0109. The van der Waals surface area contributed by atoms with Gasteiger partial charge in [-0.2, -0.15) is 0 Å². The van der Waals surface area contributed by atoms with Crippen LogP contribution in [0.2, 0.25) is 5.15 Å². The predicted molar refractivity (Wildman–Crippen MR) is 122 cm³/mol. The number of hydrogen-bond acceptors (Lipinski definition) is 6. The number of carbonyl (C=O) groups is 1. The quantitative estimate of drug-likeness (QED) is 0.411. The van der Waals surface area contributed by atoms with Crippen molar-refractivity contribution in [2.75, 3.05) is 7.05 Å². The summed E-state index contributed by atoms with van der Waals surface area (Å²) in [6.45, 7) is 0.0137. The van der Waals surface area contributed by atoms with Crippen molar-refractivity contribution in [1.82, 2.24) is 23.8 Å². The highest BCUT2D eigenvalue weighted by Crippen LogP contribution is 2.28.